The van der Waals surface area contributed by atoms with E-state index in [4.69, 9.17) is 16.9 Å². The van der Waals surface area contributed by atoms with Crippen molar-refractivity contribution in [3.8, 4) is 18.1 Å². The average molecular weight is 189 g/mol. The SMILES string of the molecule is C#CCOc1ccccc1[C@H](N)CC. The molecule has 0 saturated heterocycles. The molecule has 0 heterocycles. The lowest BCUT2D eigenvalue weighted by Crippen LogP contribution is -2.10. The van der Waals surface area contributed by atoms with Crippen LogP contribution in [0.25, 0.3) is 0 Å². The number of benzene rings is 1. The molecule has 0 radical (unpaired) electrons. The Morgan fingerprint density at radius 1 is 1.50 bits per heavy atom. The van der Waals surface area contributed by atoms with Crippen LogP contribution < -0.4 is 10.5 Å². The molecule has 0 saturated carbocycles. The zero-order valence-electron chi connectivity index (χ0n) is 8.36. The quantitative estimate of drug-likeness (QED) is 0.736. The van der Waals surface area contributed by atoms with E-state index < -0.39 is 0 Å². The predicted molar refractivity (Wildman–Crippen MR) is 58.0 cm³/mol. The molecule has 0 fully saturated rings. The van der Waals surface area contributed by atoms with Crippen molar-refractivity contribution >= 4 is 0 Å². The van der Waals surface area contributed by atoms with Crippen molar-refractivity contribution in [1.82, 2.24) is 0 Å². The Morgan fingerprint density at radius 3 is 2.86 bits per heavy atom. The van der Waals surface area contributed by atoms with Gasteiger partial charge < -0.3 is 10.5 Å². The molecule has 1 rings (SSSR count). The summed E-state index contributed by atoms with van der Waals surface area (Å²) in [5.74, 6) is 3.23. The Hall–Kier alpha value is -1.46. The van der Waals surface area contributed by atoms with Crippen LogP contribution in [0.2, 0.25) is 0 Å². The van der Waals surface area contributed by atoms with Gasteiger partial charge in [0.1, 0.15) is 12.4 Å². The number of para-hydroxylation sites is 1. The normalized spacial score (nSPS) is 11.8. The van der Waals surface area contributed by atoms with Gasteiger partial charge in [-0.2, -0.15) is 0 Å². The summed E-state index contributed by atoms with van der Waals surface area (Å²) in [5.41, 5.74) is 6.95. The highest BCUT2D eigenvalue weighted by Crippen LogP contribution is 2.24. The Kier molecular flexibility index (Phi) is 4.03. The molecule has 14 heavy (non-hydrogen) atoms. The Balaban J connectivity index is 2.86. The van der Waals surface area contributed by atoms with Gasteiger partial charge in [-0.3, -0.25) is 0 Å². The first kappa shape index (κ1) is 10.6. The highest BCUT2D eigenvalue weighted by Gasteiger charge is 2.08. The minimum atomic E-state index is 0.0176. The number of terminal acetylenes is 1. The second kappa shape index (κ2) is 5.31. The van der Waals surface area contributed by atoms with Gasteiger partial charge in [-0.25, -0.2) is 0 Å². The van der Waals surface area contributed by atoms with Gasteiger partial charge in [0.05, 0.1) is 0 Å². The maximum Gasteiger partial charge on any atom is 0.148 e. The van der Waals surface area contributed by atoms with Crippen molar-refractivity contribution in [2.24, 2.45) is 5.73 Å². The van der Waals surface area contributed by atoms with E-state index in [1.54, 1.807) is 0 Å². The molecular weight excluding hydrogens is 174 g/mol. The highest BCUT2D eigenvalue weighted by atomic mass is 16.5. The van der Waals surface area contributed by atoms with Gasteiger partial charge in [-0.1, -0.05) is 31.0 Å². The highest BCUT2D eigenvalue weighted by molar-refractivity contribution is 5.35. The molecule has 2 heteroatoms. The largest absolute Gasteiger partial charge is 0.481 e. The third-order valence-corrected chi connectivity index (χ3v) is 2.07. The average Bonchev–Trinajstić information content (AvgIpc) is 2.25. The van der Waals surface area contributed by atoms with E-state index in [2.05, 4.69) is 5.92 Å². The van der Waals surface area contributed by atoms with Crippen molar-refractivity contribution in [3.63, 3.8) is 0 Å². The Labute approximate surface area is 85.1 Å². The topological polar surface area (TPSA) is 35.2 Å². The molecule has 1 aromatic carbocycles. The third-order valence-electron chi connectivity index (χ3n) is 2.07. The fourth-order valence-corrected chi connectivity index (χ4v) is 1.26. The molecule has 0 unspecified atom stereocenters. The summed E-state index contributed by atoms with van der Waals surface area (Å²) in [4.78, 5) is 0. The lowest BCUT2D eigenvalue weighted by Gasteiger charge is -2.14. The molecule has 0 bridgehead atoms. The van der Waals surface area contributed by atoms with Gasteiger partial charge in [-0.15, -0.1) is 6.42 Å². The molecule has 74 valence electrons. The van der Waals surface area contributed by atoms with Crippen LogP contribution in [-0.2, 0) is 0 Å². The molecule has 0 spiro atoms. The molecule has 0 aliphatic rings. The Bertz CT molecular complexity index is 327. The maximum absolute atomic E-state index is 5.94. The summed E-state index contributed by atoms with van der Waals surface area (Å²) in [6.07, 6.45) is 6.01. The zero-order chi connectivity index (χ0) is 10.4. The molecule has 0 amide bonds. The van der Waals surface area contributed by atoms with Crippen LogP contribution in [-0.4, -0.2) is 6.61 Å². The lowest BCUT2D eigenvalue weighted by atomic mass is 10.0. The summed E-state index contributed by atoms with van der Waals surface area (Å²) in [5, 5.41) is 0. The number of nitrogens with two attached hydrogens (primary N) is 1. The van der Waals surface area contributed by atoms with E-state index >= 15 is 0 Å². The van der Waals surface area contributed by atoms with Crippen LogP contribution in [0.5, 0.6) is 5.75 Å². The summed E-state index contributed by atoms with van der Waals surface area (Å²) in [6.45, 7) is 2.33. The number of hydrogen-bond donors (Lipinski definition) is 1. The van der Waals surface area contributed by atoms with E-state index in [0.717, 1.165) is 17.7 Å². The summed E-state index contributed by atoms with van der Waals surface area (Å²) in [7, 11) is 0. The van der Waals surface area contributed by atoms with Crippen molar-refractivity contribution in [2.75, 3.05) is 6.61 Å². The van der Waals surface area contributed by atoms with E-state index in [1.807, 2.05) is 31.2 Å². The molecule has 2 nitrogen and oxygen atoms in total. The van der Waals surface area contributed by atoms with Crippen LogP contribution in [0, 0.1) is 12.3 Å². The number of ether oxygens (including phenoxy) is 1. The van der Waals surface area contributed by atoms with Crippen molar-refractivity contribution in [1.29, 1.82) is 0 Å². The van der Waals surface area contributed by atoms with Gasteiger partial charge in [-0.05, 0) is 12.5 Å². The smallest absolute Gasteiger partial charge is 0.148 e. The summed E-state index contributed by atoms with van der Waals surface area (Å²) in [6, 6.07) is 7.75. The predicted octanol–water partition coefficient (Wildman–Crippen LogP) is 2.11. The van der Waals surface area contributed by atoms with Gasteiger partial charge in [0.25, 0.3) is 0 Å². The van der Waals surface area contributed by atoms with Crippen LogP contribution in [0.3, 0.4) is 0 Å². The summed E-state index contributed by atoms with van der Waals surface area (Å²) >= 11 is 0. The molecule has 1 aromatic rings. The minimum absolute atomic E-state index is 0.0176. The maximum atomic E-state index is 5.94. The zero-order valence-corrected chi connectivity index (χ0v) is 8.36. The summed E-state index contributed by atoms with van der Waals surface area (Å²) < 4.78 is 5.39. The van der Waals surface area contributed by atoms with E-state index in [-0.39, 0.29) is 12.6 Å². The third kappa shape index (κ3) is 2.51. The van der Waals surface area contributed by atoms with Gasteiger partial charge in [0.15, 0.2) is 0 Å². The van der Waals surface area contributed by atoms with E-state index in [9.17, 15) is 0 Å². The second-order valence-electron chi connectivity index (χ2n) is 3.05. The van der Waals surface area contributed by atoms with Gasteiger partial charge in [0, 0.05) is 11.6 Å². The number of hydrogen-bond acceptors (Lipinski definition) is 2. The van der Waals surface area contributed by atoms with Crippen LogP contribution in [0.1, 0.15) is 24.9 Å². The standard InChI is InChI=1S/C12H15NO/c1-3-9-14-12-8-6-5-7-10(12)11(13)4-2/h1,5-8,11H,4,9,13H2,2H3/t11-/m1/s1. The minimum Gasteiger partial charge on any atom is -0.481 e. The van der Waals surface area contributed by atoms with Crippen molar-refractivity contribution in [2.45, 2.75) is 19.4 Å². The Morgan fingerprint density at radius 2 is 2.21 bits per heavy atom. The van der Waals surface area contributed by atoms with Crippen molar-refractivity contribution in [3.05, 3.63) is 29.8 Å². The molecule has 1 atom stereocenters. The van der Waals surface area contributed by atoms with Gasteiger partial charge >= 0.3 is 0 Å². The van der Waals surface area contributed by atoms with Gasteiger partial charge in [0.2, 0.25) is 0 Å². The fraction of sp³-hybridized carbons (Fsp3) is 0.333. The van der Waals surface area contributed by atoms with Crippen LogP contribution in [0.4, 0.5) is 0 Å². The first-order chi connectivity index (χ1) is 6.79. The number of rotatable bonds is 4. The van der Waals surface area contributed by atoms with E-state index in [0.29, 0.717) is 0 Å². The fourth-order valence-electron chi connectivity index (χ4n) is 1.26. The molecule has 2 N–H and O–H groups in total. The molecule has 0 aliphatic heterocycles. The second-order valence-corrected chi connectivity index (χ2v) is 3.05. The van der Waals surface area contributed by atoms with E-state index in [1.165, 1.54) is 0 Å². The van der Waals surface area contributed by atoms with Crippen LogP contribution >= 0.6 is 0 Å². The molecule has 0 aromatic heterocycles. The molecule has 0 aliphatic carbocycles. The monoisotopic (exact) mass is 189 g/mol. The van der Waals surface area contributed by atoms with Crippen LogP contribution in [0.15, 0.2) is 24.3 Å². The molecular formula is C12H15NO. The first-order valence-corrected chi connectivity index (χ1v) is 4.70. The van der Waals surface area contributed by atoms with Crippen molar-refractivity contribution < 1.29 is 4.74 Å². The lowest BCUT2D eigenvalue weighted by molar-refractivity contribution is 0.363. The first-order valence-electron chi connectivity index (χ1n) is 4.70.